The van der Waals surface area contributed by atoms with Crippen LogP contribution in [0, 0.1) is 20.8 Å². The van der Waals surface area contributed by atoms with Crippen molar-refractivity contribution in [2.75, 3.05) is 29.9 Å². The van der Waals surface area contributed by atoms with Crippen molar-refractivity contribution in [3.8, 4) is 10.6 Å². The molecular formula is C20H25N7OS2. The number of nitrogens with zero attached hydrogens (tertiary/aromatic N) is 5. The number of hydrogen-bond donors (Lipinski definition) is 2. The van der Waals surface area contributed by atoms with E-state index in [1.165, 1.54) is 11.3 Å². The van der Waals surface area contributed by atoms with Gasteiger partial charge in [-0.25, -0.2) is 19.9 Å². The van der Waals surface area contributed by atoms with Gasteiger partial charge >= 0.3 is 0 Å². The second kappa shape index (κ2) is 8.65. The van der Waals surface area contributed by atoms with E-state index in [1.54, 1.807) is 17.5 Å². The van der Waals surface area contributed by atoms with Gasteiger partial charge in [0.15, 0.2) is 5.13 Å². The second-order valence-corrected chi connectivity index (χ2v) is 9.46. The van der Waals surface area contributed by atoms with Crippen LogP contribution in [0.1, 0.15) is 39.4 Å². The minimum atomic E-state index is -0.0635. The molecule has 3 aromatic heterocycles. The average Bonchev–Trinajstić information content (AvgIpc) is 3.41. The summed E-state index contributed by atoms with van der Waals surface area (Å²) in [6, 6.07) is 1.98. The van der Waals surface area contributed by atoms with Crippen LogP contribution in [-0.4, -0.2) is 51.5 Å². The SMILES string of the molecule is CCNc1nc(C)c(C(=O)NC2CCN(c3nccc(-c4sc(C)nc4C)n3)C2)s1. The highest BCUT2D eigenvalue weighted by atomic mass is 32.1. The van der Waals surface area contributed by atoms with E-state index in [2.05, 4.69) is 30.5 Å². The van der Waals surface area contributed by atoms with Gasteiger partial charge in [0, 0.05) is 31.9 Å². The third-order valence-electron chi connectivity index (χ3n) is 4.92. The van der Waals surface area contributed by atoms with Crippen molar-refractivity contribution in [1.82, 2.24) is 25.3 Å². The fourth-order valence-corrected chi connectivity index (χ4v) is 5.37. The van der Waals surface area contributed by atoms with Gasteiger partial charge in [-0.3, -0.25) is 4.79 Å². The highest BCUT2D eigenvalue weighted by Crippen LogP contribution is 2.29. The second-order valence-electron chi connectivity index (χ2n) is 7.26. The maximum absolute atomic E-state index is 12.7. The highest BCUT2D eigenvalue weighted by Gasteiger charge is 2.27. The van der Waals surface area contributed by atoms with Crippen molar-refractivity contribution in [2.45, 2.75) is 40.2 Å². The van der Waals surface area contributed by atoms with Crippen LogP contribution in [0.4, 0.5) is 11.1 Å². The third-order valence-corrected chi connectivity index (χ3v) is 7.13. The van der Waals surface area contributed by atoms with Crippen molar-refractivity contribution in [3.05, 3.63) is 33.5 Å². The summed E-state index contributed by atoms with van der Waals surface area (Å²) >= 11 is 3.04. The Bertz CT molecular complexity index is 1060. The molecule has 158 valence electrons. The van der Waals surface area contributed by atoms with E-state index in [-0.39, 0.29) is 11.9 Å². The molecule has 1 saturated heterocycles. The van der Waals surface area contributed by atoms with Crippen LogP contribution in [0.15, 0.2) is 12.3 Å². The van der Waals surface area contributed by atoms with E-state index < -0.39 is 0 Å². The molecule has 1 amide bonds. The summed E-state index contributed by atoms with van der Waals surface area (Å²) in [6.07, 6.45) is 2.65. The smallest absolute Gasteiger partial charge is 0.263 e. The average molecular weight is 444 g/mol. The van der Waals surface area contributed by atoms with E-state index in [1.807, 2.05) is 33.8 Å². The van der Waals surface area contributed by atoms with Crippen molar-refractivity contribution in [1.29, 1.82) is 0 Å². The normalized spacial score (nSPS) is 16.1. The topological polar surface area (TPSA) is 95.9 Å². The van der Waals surface area contributed by atoms with Gasteiger partial charge in [-0.2, -0.15) is 0 Å². The molecule has 8 nitrogen and oxygen atoms in total. The molecule has 0 bridgehead atoms. The van der Waals surface area contributed by atoms with Crippen molar-refractivity contribution < 1.29 is 4.79 Å². The van der Waals surface area contributed by atoms with Gasteiger partial charge in [0.05, 0.1) is 27.0 Å². The Morgan fingerprint density at radius 3 is 2.77 bits per heavy atom. The molecule has 0 aliphatic carbocycles. The fourth-order valence-electron chi connectivity index (χ4n) is 3.54. The number of anilines is 2. The number of carbonyl (C=O) groups excluding carboxylic acids is 1. The quantitative estimate of drug-likeness (QED) is 0.603. The van der Waals surface area contributed by atoms with Gasteiger partial charge in [0.1, 0.15) is 4.88 Å². The predicted octanol–water partition coefficient (Wildman–Crippen LogP) is 3.42. The van der Waals surface area contributed by atoms with Crippen LogP contribution in [0.5, 0.6) is 0 Å². The molecule has 1 aliphatic heterocycles. The molecule has 1 aliphatic rings. The Hall–Kier alpha value is -2.59. The molecule has 30 heavy (non-hydrogen) atoms. The molecule has 0 aromatic carbocycles. The Labute approximate surface area is 183 Å². The summed E-state index contributed by atoms with van der Waals surface area (Å²) in [4.78, 5) is 34.8. The van der Waals surface area contributed by atoms with E-state index in [0.29, 0.717) is 17.4 Å². The van der Waals surface area contributed by atoms with Crippen LogP contribution in [0.3, 0.4) is 0 Å². The van der Waals surface area contributed by atoms with Gasteiger partial charge in [0.25, 0.3) is 5.91 Å². The lowest BCUT2D eigenvalue weighted by molar-refractivity contribution is 0.0943. The summed E-state index contributed by atoms with van der Waals surface area (Å²) in [5.41, 5.74) is 2.65. The lowest BCUT2D eigenvalue weighted by Gasteiger charge is -2.17. The molecule has 0 radical (unpaired) electrons. The molecule has 4 heterocycles. The van der Waals surface area contributed by atoms with Crippen LogP contribution in [0.25, 0.3) is 10.6 Å². The summed E-state index contributed by atoms with van der Waals surface area (Å²) in [6.45, 7) is 10.2. The Balaban J connectivity index is 1.43. The molecule has 2 N–H and O–H groups in total. The van der Waals surface area contributed by atoms with Crippen LogP contribution < -0.4 is 15.5 Å². The maximum Gasteiger partial charge on any atom is 0.263 e. The van der Waals surface area contributed by atoms with Gasteiger partial charge < -0.3 is 15.5 Å². The summed E-state index contributed by atoms with van der Waals surface area (Å²) < 4.78 is 0. The maximum atomic E-state index is 12.7. The third kappa shape index (κ3) is 4.29. The molecule has 3 aromatic rings. The van der Waals surface area contributed by atoms with E-state index in [4.69, 9.17) is 4.98 Å². The molecule has 0 spiro atoms. The predicted molar refractivity (Wildman–Crippen MR) is 122 cm³/mol. The van der Waals surface area contributed by atoms with Crippen LogP contribution in [-0.2, 0) is 0 Å². The molecule has 1 fully saturated rings. The lowest BCUT2D eigenvalue weighted by atomic mass is 10.2. The summed E-state index contributed by atoms with van der Waals surface area (Å²) in [5.74, 6) is 0.629. The molecular weight excluding hydrogens is 418 g/mol. The molecule has 10 heteroatoms. The standard InChI is InChI=1S/C20H25N7OS2/c1-5-21-20-24-12(3)17(30-20)18(28)25-14-7-9-27(10-14)19-22-8-6-15(26-19)16-11(2)23-13(4)29-16/h6,8,14H,5,7,9-10H2,1-4H3,(H,21,24)(H,25,28). The molecule has 4 rings (SSSR count). The molecule has 1 unspecified atom stereocenters. The molecule has 1 atom stereocenters. The van der Waals surface area contributed by atoms with Gasteiger partial charge in [-0.05, 0) is 40.2 Å². The Morgan fingerprint density at radius 1 is 1.20 bits per heavy atom. The zero-order valence-corrected chi connectivity index (χ0v) is 19.2. The number of nitrogens with one attached hydrogen (secondary N) is 2. The fraction of sp³-hybridized carbons (Fsp3) is 0.450. The number of hydrogen-bond acceptors (Lipinski definition) is 9. The van der Waals surface area contributed by atoms with E-state index in [0.717, 1.165) is 51.6 Å². The van der Waals surface area contributed by atoms with Crippen molar-refractivity contribution >= 4 is 39.7 Å². The number of rotatable bonds is 6. The van der Waals surface area contributed by atoms with Gasteiger partial charge in [0.2, 0.25) is 5.95 Å². The first-order valence-electron chi connectivity index (χ1n) is 9.99. The summed E-state index contributed by atoms with van der Waals surface area (Å²) in [7, 11) is 0. The Kier molecular flexibility index (Phi) is 5.96. The first kappa shape index (κ1) is 20.7. The largest absolute Gasteiger partial charge is 0.362 e. The molecule has 0 saturated carbocycles. The highest BCUT2D eigenvalue weighted by molar-refractivity contribution is 7.17. The zero-order chi connectivity index (χ0) is 21.3. The van der Waals surface area contributed by atoms with Gasteiger partial charge in [-0.15, -0.1) is 11.3 Å². The zero-order valence-electron chi connectivity index (χ0n) is 17.5. The van der Waals surface area contributed by atoms with Gasteiger partial charge in [-0.1, -0.05) is 11.3 Å². The minimum absolute atomic E-state index is 0.0567. The monoisotopic (exact) mass is 443 g/mol. The lowest BCUT2D eigenvalue weighted by Crippen LogP contribution is -2.37. The van der Waals surface area contributed by atoms with E-state index in [9.17, 15) is 4.79 Å². The number of aryl methyl sites for hydroxylation is 3. The van der Waals surface area contributed by atoms with Crippen LogP contribution >= 0.6 is 22.7 Å². The van der Waals surface area contributed by atoms with Crippen molar-refractivity contribution in [3.63, 3.8) is 0 Å². The first-order valence-corrected chi connectivity index (χ1v) is 11.6. The first-order chi connectivity index (χ1) is 14.4. The minimum Gasteiger partial charge on any atom is -0.362 e. The van der Waals surface area contributed by atoms with Crippen LogP contribution in [0.2, 0.25) is 0 Å². The number of thiazole rings is 2. The van der Waals surface area contributed by atoms with Crippen molar-refractivity contribution in [2.24, 2.45) is 0 Å². The number of amides is 1. The number of aromatic nitrogens is 4. The summed E-state index contributed by atoms with van der Waals surface area (Å²) in [5, 5.41) is 8.13. The Morgan fingerprint density at radius 2 is 2.03 bits per heavy atom. The van der Waals surface area contributed by atoms with E-state index >= 15 is 0 Å². The number of carbonyl (C=O) groups is 1.